The second kappa shape index (κ2) is 10.9. The van der Waals surface area contributed by atoms with E-state index in [2.05, 4.69) is 26.6 Å². The number of ether oxygens (including phenoxy) is 1. The molecule has 0 radical (unpaired) electrons. The van der Waals surface area contributed by atoms with Gasteiger partial charge in [-0.2, -0.15) is 0 Å². The number of guanidine groups is 1. The van der Waals surface area contributed by atoms with Crippen molar-refractivity contribution < 1.29 is 4.74 Å². The van der Waals surface area contributed by atoms with Crippen molar-refractivity contribution in [3.8, 4) is 5.75 Å². The Labute approximate surface area is 146 Å². The predicted octanol–water partition coefficient (Wildman–Crippen LogP) is 2.63. The van der Waals surface area contributed by atoms with Crippen LogP contribution in [0.5, 0.6) is 5.75 Å². The number of nitrogens with one attached hydrogen (secondary N) is 2. The Balaban J connectivity index is 1.74. The zero-order chi connectivity index (χ0) is 17.0. The molecule has 0 spiro atoms. The maximum atomic E-state index is 5.67. The molecule has 0 bridgehead atoms. The van der Waals surface area contributed by atoms with E-state index in [4.69, 9.17) is 4.74 Å². The smallest absolute Gasteiger partial charge is 0.191 e. The maximum absolute atomic E-state index is 5.67. The molecule has 2 N–H and O–H groups in total. The molecule has 1 aromatic rings. The SMILES string of the molecule is CCOc1ccccc1CNC(=NC)NCCN1CCCCCC1. The first kappa shape index (κ1) is 18.6. The van der Waals surface area contributed by atoms with E-state index >= 15 is 0 Å². The molecule has 1 heterocycles. The second-order valence-corrected chi connectivity index (χ2v) is 6.15. The summed E-state index contributed by atoms with van der Waals surface area (Å²) in [6.07, 6.45) is 5.43. The van der Waals surface area contributed by atoms with Crippen molar-refractivity contribution in [2.75, 3.05) is 39.8 Å². The van der Waals surface area contributed by atoms with Crippen LogP contribution in [-0.4, -0.2) is 50.7 Å². The van der Waals surface area contributed by atoms with Crippen LogP contribution in [0.3, 0.4) is 0 Å². The largest absolute Gasteiger partial charge is 0.494 e. The van der Waals surface area contributed by atoms with Gasteiger partial charge in [0.2, 0.25) is 0 Å². The Morgan fingerprint density at radius 1 is 1.12 bits per heavy atom. The van der Waals surface area contributed by atoms with E-state index in [9.17, 15) is 0 Å². The first-order chi connectivity index (χ1) is 11.8. The van der Waals surface area contributed by atoms with Crippen molar-refractivity contribution >= 4 is 5.96 Å². The highest BCUT2D eigenvalue weighted by atomic mass is 16.5. The van der Waals surface area contributed by atoms with Gasteiger partial charge < -0.3 is 20.3 Å². The van der Waals surface area contributed by atoms with Crippen molar-refractivity contribution in [1.29, 1.82) is 0 Å². The minimum atomic E-state index is 0.680. The average Bonchev–Trinajstić information content (AvgIpc) is 2.88. The van der Waals surface area contributed by atoms with Gasteiger partial charge in [0, 0.05) is 32.2 Å². The number of nitrogens with zero attached hydrogens (tertiary/aromatic N) is 2. The van der Waals surface area contributed by atoms with Crippen molar-refractivity contribution in [2.45, 2.75) is 39.2 Å². The van der Waals surface area contributed by atoms with Gasteiger partial charge in [-0.3, -0.25) is 4.99 Å². The molecule has 0 aliphatic carbocycles. The van der Waals surface area contributed by atoms with Gasteiger partial charge in [-0.25, -0.2) is 0 Å². The summed E-state index contributed by atoms with van der Waals surface area (Å²) >= 11 is 0. The lowest BCUT2D eigenvalue weighted by Crippen LogP contribution is -2.41. The van der Waals surface area contributed by atoms with E-state index in [1.54, 1.807) is 0 Å². The molecule has 1 saturated heterocycles. The standard InChI is InChI=1S/C19H32N4O/c1-3-24-18-11-7-6-10-17(18)16-22-19(20-2)21-12-15-23-13-8-4-5-9-14-23/h6-7,10-11H,3-5,8-9,12-16H2,1-2H3,(H2,20,21,22). The zero-order valence-electron chi connectivity index (χ0n) is 15.2. The van der Waals surface area contributed by atoms with Crippen LogP contribution < -0.4 is 15.4 Å². The number of hydrogen-bond donors (Lipinski definition) is 2. The van der Waals surface area contributed by atoms with Crippen LogP contribution in [0.1, 0.15) is 38.2 Å². The molecule has 0 atom stereocenters. The van der Waals surface area contributed by atoms with Crippen LogP contribution in [0.25, 0.3) is 0 Å². The summed E-state index contributed by atoms with van der Waals surface area (Å²) in [6.45, 7) is 7.86. The third kappa shape index (κ3) is 6.40. The molecule has 134 valence electrons. The monoisotopic (exact) mass is 332 g/mol. The highest BCUT2D eigenvalue weighted by molar-refractivity contribution is 5.79. The first-order valence-electron chi connectivity index (χ1n) is 9.21. The Bertz CT molecular complexity index is 496. The molecule has 5 nitrogen and oxygen atoms in total. The Hall–Kier alpha value is -1.75. The molecule has 0 saturated carbocycles. The average molecular weight is 332 g/mol. The van der Waals surface area contributed by atoms with Crippen LogP contribution in [0.4, 0.5) is 0 Å². The van der Waals surface area contributed by atoms with Crippen molar-refractivity contribution in [3.63, 3.8) is 0 Å². The molecule has 2 rings (SSSR count). The summed E-state index contributed by atoms with van der Waals surface area (Å²) < 4.78 is 5.67. The van der Waals surface area contributed by atoms with Crippen molar-refractivity contribution in [2.24, 2.45) is 4.99 Å². The van der Waals surface area contributed by atoms with Crippen LogP contribution in [-0.2, 0) is 6.54 Å². The number of rotatable bonds is 7. The van der Waals surface area contributed by atoms with Crippen LogP contribution in [0.2, 0.25) is 0 Å². The Morgan fingerprint density at radius 2 is 1.88 bits per heavy atom. The second-order valence-electron chi connectivity index (χ2n) is 6.15. The summed E-state index contributed by atoms with van der Waals surface area (Å²) in [4.78, 5) is 6.87. The minimum absolute atomic E-state index is 0.680. The van der Waals surface area contributed by atoms with E-state index in [1.807, 2.05) is 32.2 Å². The number of benzene rings is 1. The normalized spacial score (nSPS) is 16.5. The maximum Gasteiger partial charge on any atom is 0.191 e. The number of aliphatic imine (C=N–C) groups is 1. The summed E-state index contributed by atoms with van der Waals surface area (Å²) in [7, 11) is 1.82. The lowest BCUT2D eigenvalue weighted by atomic mass is 10.2. The number of para-hydroxylation sites is 1. The van der Waals surface area contributed by atoms with Crippen LogP contribution >= 0.6 is 0 Å². The highest BCUT2D eigenvalue weighted by Gasteiger charge is 2.09. The summed E-state index contributed by atoms with van der Waals surface area (Å²) in [5.74, 6) is 1.78. The van der Waals surface area contributed by atoms with Gasteiger partial charge >= 0.3 is 0 Å². The quantitative estimate of drug-likeness (QED) is 0.595. The van der Waals surface area contributed by atoms with Crippen LogP contribution in [0.15, 0.2) is 29.3 Å². The summed E-state index contributed by atoms with van der Waals surface area (Å²) in [6, 6.07) is 8.14. The molecule has 1 fully saturated rings. The topological polar surface area (TPSA) is 48.9 Å². The first-order valence-corrected chi connectivity index (χ1v) is 9.21. The van der Waals surface area contributed by atoms with Gasteiger partial charge in [0.15, 0.2) is 5.96 Å². The van der Waals surface area contributed by atoms with Gasteiger partial charge in [-0.1, -0.05) is 31.0 Å². The third-order valence-electron chi connectivity index (χ3n) is 4.36. The van der Waals surface area contributed by atoms with Gasteiger partial charge in [-0.15, -0.1) is 0 Å². The molecular formula is C19H32N4O. The highest BCUT2D eigenvalue weighted by Crippen LogP contribution is 2.17. The van der Waals surface area contributed by atoms with Gasteiger partial charge in [0.05, 0.1) is 6.61 Å². The van der Waals surface area contributed by atoms with Gasteiger partial charge in [0.25, 0.3) is 0 Å². The fraction of sp³-hybridized carbons (Fsp3) is 0.632. The van der Waals surface area contributed by atoms with E-state index in [-0.39, 0.29) is 0 Å². The fourth-order valence-electron chi connectivity index (χ4n) is 3.04. The van der Waals surface area contributed by atoms with Gasteiger partial charge in [-0.05, 0) is 38.9 Å². The molecule has 1 aliphatic heterocycles. The molecule has 1 aliphatic rings. The zero-order valence-corrected chi connectivity index (χ0v) is 15.2. The molecular weight excluding hydrogens is 300 g/mol. The molecule has 5 heteroatoms. The Morgan fingerprint density at radius 3 is 2.58 bits per heavy atom. The fourth-order valence-corrected chi connectivity index (χ4v) is 3.04. The summed E-state index contributed by atoms with van der Waals surface area (Å²) in [5, 5.41) is 6.79. The van der Waals surface area contributed by atoms with E-state index in [0.29, 0.717) is 13.2 Å². The van der Waals surface area contributed by atoms with Crippen molar-refractivity contribution in [3.05, 3.63) is 29.8 Å². The number of likely N-dealkylation sites (tertiary alicyclic amines) is 1. The predicted molar refractivity (Wildman–Crippen MR) is 101 cm³/mol. The lowest BCUT2D eigenvalue weighted by molar-refractivity contribution is 0.289. The van der Waals surface area contributed by atoms with Crippen molar-refractivity contribution in [1.82, 2.24) is 15.5 Å². The molecule has 0 unspecified atom stereocenters. The van der Waals surface area contributed by atoms with E-state index in [1.165, 1.54) is 38.8 Å². The molecule has 1 aromatic carbocycles. The molecule has 24 heavy (non-hydrogen) atoms. The molecule has 0 amide bonds. The van der Waals surface area contributed by atoms with E-state index < -0.39 is 0 Å². The molecule has 0 aromatic heterocycles. The Kier molecular flexibility index (Phi) is 8.46. The van der Waals surface area contributed by atoms with Gasteiger partial charge in [0.1, 0.15) is 5.75 Å². The third-order valence-corrected chi connectivity index (χ3v) is 4.36. The summed E-state index contributed by atoms with van der Waals surface area (Å²) in [5.41, 5.74) is 1.15. The minimum Gasteiger partial charge on any atom is -0.494 e. The van der Waals surface area contributed by atoms with E-state index in [0.717, 1.165) is 30.4 Å². The number of hydrogen-bond acceptors (Lipinski definition) is 3. The van der Waals surface area contributed by atoms with Crippen LogP contribution in [0, 0.1) is 0 Å². The lowest BCUT2D eigenvalue weighted by Gasteiger charge is -2.21.